The number of hydrogen-bond donors (Lipinski definition) is 2. The number of nitrogens with zero attached hydrogens (tertiary/aromatic N) is 2. The summed E-state index contributed by atoms with van der Waals surface area (Å²) in [6, 6.07) is 0. The van der Waals surface area contributed by atoms with Crippen LogP contribution in [0.1, 0.15) is 0 Å². The van der Waals surface area contributed by atoms with Gasteiger partial charge in [0, 0.05) is 7.11 Å². The molecule has 0 aromatic carbocycles. The number of nitrogens with one attached hydrogen (secondary N) is 1. The Labute approximate surface area is 64.1 Å². The van der Waals surface area contributed by atoms with Crippen LogP contribution in [0.15, 0.2) is 6.20 Å². The second-order valence-corrected chi connectivity index (χ2v) is 2.50. The van der Waals surface area contributed by atoms with Crippen LogP contribution in [0.2, 0.25) is 0 Å². The fourth-order valence-corrected chi connectivity index (χ4v) is 1.18. The summed E-state index contributed by atoms with van der Waals surface area (Å²) in [6.07, 6.45) is 1.65. The Kier molecular flexibility index (Phi) is 1.25. The molecule has 1 atom stereocenters. The Morgan fingerprint density at radius 3 is 3.36 bits per heavy atom. The van der Waals surface area contributed by atoms with Gasteiger partial charge in [-0.1, -0.05) is 0 Å². The Bertz CT molecular complexity index is 270. The van der Waals surface area contributed by atoms with Gasteiger partial charge < -0.3 is 15.8 Å². The summed E-state index contributed by atoms with van der Waals surface area (Å²) in [5, 5.41) is 7.13. The number of aromatic nitrogens is 2. The third kappa shape index (κ3) is 0.848. The van der Waals surface area contributed by atoms with Crippen molar-refractivity contribution < 1.29 is 4.74 Å². The highest BCUT2D eigenvalue weighted by molar-refractivity contribution is 5.62. The van der Waals surface area contributed by atoms with Crippen molar-refractivity contribution in [1.29, 1.82) is 0 Å². The minimum Gasteiger partial charge on any atom is -0.394 e. The van der Waals surface area contributed by atoms with E-state index in [1.165, 1.54) is 0 Å². The quantitative estimate of drug-likeness (QED) is 0.591. The summed E-state index contributed by atoms with van der Waals surface area (Å²) in [5.41, 5.74) is 6.28. The summed E-state index contributed by atoms with van der Waals surface area (Å²) in [7, 11) is 1.65. The highest BCUT2D eigenvalue weighted by atomic mass is 16.5. The van der Waals surface area contributed by atoms with Gasteiger partial charge in [-0.15, -0.1) is 0 Å². The highest BCUT2D eigenvalue weighted by Gasteiger charge is 2.22. The molecule has 2 heterocycles. The molecule has 60 valence electrons. The second-order valence-electron chi connectivity index (χ2n) is 2.50. The van der Waals surface area contributed by atoms with E-state index in [0.29, 0.717) is 5.69 Å². The van der Waals surface area contributed by atoms with Gasteiger partial charge in [-0.2, -0.15) is 5.10 Å². The van der Waals surface area contributed by atoms with Gasteiger partial charge >= 0.3 is 0 Å². The molecular formula is C6H10N4O. The van der Waals surface area contributed by atoms with Crippen molar-refractivity contribution in [2.45, 2.75) is 12.8 Å². The fraction of sp³-hybridized carbons (Fsp3) is 0.500. The lowest BCUT2D eigenvalue weighted by Gasteiger charge is -2.06. The largest absolute Gasteiger partial charge is 0.394 e. The van der Waals surface area contributed by atoms with E-state index in [1.807, 2.05) is 0 Å². The molecule has 5 nitrogen and oxygen atoms in total. The monoisotopic (exact) mass is 154 g/mol. The lowest BCUT2D eigenvalue weighted by atomic mass is 10.5. The van der Waals surface area contributed by atoms with Crippen LogP contribution in [-0.2, 0) is 11.3 Å². The maximum atomic E-state index is 5.61. The average Bonchev–Trinajstić information content (AvgIpc) is 2.53. The molecule has 5 heteroatoms. The smallest absolute Gasteiger partial charge is 0.149 e. The minimum atomic E-state index is 0.0148. The Morgan fingerprint density at radius 1 is 1.91 bits per heavy atom. The molecule has 1 aliphatic heterocycles. The molecule has 0 fully saturated rings. The van der Waals surface area contributed by atoms with Crippen molar-refractivity contribution >= 4 is 11.5 Å². The highest BCUT2D eigenvalue weighted by Crippen LogP contribution is 2.24. The molecule has 11 heavy (non-hydrogen) atoms. The molecular weight excluding hydrogens is 144 g/mol. The summed E-state index contributed by atoms with van der Waals surface area (Å²) in [5.74, 6) is 0.858. The summed E-state index contributed by atoms with van der Waals surface area (Å²) in [4.78, 5) is 0. The van der Waals surface area contributed by atoms with Crippen molar-refractivity contribution in [3.8, 4) is 0 Å². The zero-order valence-corrected chi connectivity index (χ0v) is 6.24. The first-order valence-electron chi connectivity index (χ1n) is 3.42. The van der Waals surface area contributed by atoms with E-state index >= 15 is 0 Å². The number of hydrogen-bond acceptors (Lipinski definition) is 4. The van der Waals surface area contributed by atoms with Crippen LogP contribution >= 0.6 is 0 Å². The lowest BCUT2D eigenvalue weighted by Crippen LogP contribution is -2.18. The molecule has 0 radical (unpaired) electrons. The number of ether oxygens (including phenoxy) is 1. The lowest BCUT2D eigenvalue weighted by molar-refractivity contribution is 0.119. The predicted molar refractivity (Wildman–Crippen MR) is 41.1 cm³/mol. The summed E-state index contributed by atoms with van der Waals surface area (Å²) in [6.45, 7) is 0.725. The number of anilines is 2. The molecule has 0 saturated carbocycles. The molecule has 1 aromatic rings. The van der Waals surface area contributed by atoms with E-state index in [-0.39, 0.29) is 6.23 Å². The van der Waals surface area contributed by atoms with Gasteiger partial charge in [0.05, 0.1) is 18.4 Å². The molecule has 0 bridgehead atoms. The van der Waals surface area contributed by atoms with Crippen molar-refractivity contribution in [2.75, 3.05) is 18.2 Å². The number of fused-ring (bicyclic) bond motifs is 1. The zero-order valence-electron chi connectivity index (χ0n) is 6.24. The van der Waals surface area contributed by atoms with E-state index in [9.17, 15) is 0 Å². The third-order valence-corrected chi connectivity index (χ3v) is 1.79. The Balaban J connectivity index is 2.27. The van der Waals surface area contributed by atoms with Gasteiger partial charge in [0.2, 0.25) is 0 Å². The van der Waals surface area contributed by atoms with Crippen molar-refractivity contribution in [3.05, 3.63) is 6.20 Å². The maximum absolute atomic E-state index is 5.61. The van der Waals surface area contributed by atoms with E-state index in [4.69, 9.17) is 10.5 Å². The van der Waals surface area contributed by atoms with Gasteiger partial charge in [0.25, 0.3) is 0 Å². The third-order valence-electron chi connectivity index (χ3n) is 1.79. The molecule has 0 spiro atoms. The van der Waals surface area contributed by atoms with Crippen LogP contribution < -0.4 is 11.1 Å². The average molecular weight is 154 g/mol. The SMILES string of the molecule is COC1Cn2ncc(N)c2N1. The molecule has 0 amide bonds. The minimum absolute atomic E-state index is 0.0148. The van der Waals surface area contributed by atoms with E-state index < -0.39 is 0 Å². The van der Waals surface area contributed by atoms with Crippen LogP contribution in [-0.4, -0.2) is 23.1 Å². The van der Waals surface area contributed by atoms with Crippen LogP contribution in [0.25, 0.3) is 0 Å². The van der Waals surface area contributed by atoms with Crippen LogP contribution in [0.3, 0.4) is 0 Å². The van der Waals surface area contributed by atoms with Crippen molar-refractivity contribution in [2.24, 2.45) is 0 Å². The molecule has 2 rings (SSSR count). The molecule has 1 unspecified atom stereocenters. The van der Waals surface area contributed by atoms with Crippen LogP contribution in [0.4, 0.5) is 11.5 Å². The number of nitrogen functional groups attached to an aromatic ring is 1. The maximum Gasteiger partial charge on any atom is 0.149 e. The van der Waals surface area contributed by atoms with E-state index in [1.54, 1.807) is 18.0 Å². The first-order chi connectivity index (χ1) is 5.31. The predicted octanol–water partition coefficient (Wildman–Crippen LogP) is -0.137. The normalized spacial score (nSPS) is 21.4. The molecule has 0 saturated heterocycles. The standard InChI is InChI=1S/C6H10N4O/c1-11-5-3-10-6(9-5)4(7)2-8-10/h2,5,9H,3,7H2,1H3. The van der Waals surface area contributed by atoms with Crippen LogP contribution in [0.5, 0.6) is 0 Å². The van der Waals surface area contributed by atoms with Crippen molar-refractivity contribution in [3.63, 3.8) is 0 Å². The number of rotatable bonds is 1. The zero-order chi connectivity index (χ0) is 7.84. The summed E-state index contributed by atoms with van der Waals surface area (Å²) < 4.78 is 6.87. The van der Waals surface area contributed by atoms with Gasteiger partial charge in [-0.25, -0.2) is 4.68 Å². The van der Waals surface area contributed by atoms with E-state index in [0.717, 1.165) is 12.4 Å². The van der Waals surface area contributed by atoms with Gasteiger partial charge in [-0.3, -0.25) is 0 Å². The molecule has 0 aliphatic carbocycles. The summed E-state index contributed by atoms with van der Waals surface area (Å²) >= 11 is 0. The topological polar surface area (TPSA) is 65.1 Å². The first kappa shape index (κ1) is 6.48. The Hall–Kier alpha value is -1.23. The van der Waals surface area contributed by atoms with Gasteiger partial charge in [0.1, 0.15) is 12.0 Å². The first-order valence-corrected chi connectivity index (χ1v) is 3.42. The molecule has 3 N–H and O–H groups in total. The van der Waals surface area contributed by atoms with Crippen LogP contribution in [0, 0.1) is 0 Å². The fourth-order valence-electron chi connectivity index (χ4n) is 1.18. The van der Waals surface area contributed by atoms with E-state index in [2.05, 4.69) is 10.4 Å². The Morgan fingerprint density at radius 2 is 2.73 bits per heavy atom. The molecule has 1 aliphatic rings. The second kappa shape index (κ2) is 2.13. The van der Waals surface area contributed by atoms with Gasteiger partial charge in [-0.05, 0) is 0 Å². The number of nitrogens with two attached hydrogens (primary N) is 1. The number of methoxy groups -OCH3 is 1. The van der Waals surface area contributed by atoms with Gasteiger partial charge in [0.15, 0.2) is 0 Å². The van der Waals surface area contributed by atoms with Crippen molar-refractivity contribution in [1.82, 2.24) is 9.78 Å². The molecule has 1 aromatic heterocycles.